The quantitative estimate of drug-likeness (QED) is 0.652. The van der Waals surface area contributed by atoms with E-state index in [0.717, 1.165) is 39.3 Å². The monoisotopic (exact) mass is 197 g/mol. The molecule has 4 heteroatoms. The van der Waals surface area contributed by atoms with Crippen LogP contribution in [0.2, 0.25) is 0 Å². The number of hydrogen-bond acceptors (Lipinski definition) is 3. The molecule has 2 heterocycles. The summed E-state index contributed by atoms with van der Waals surface area (Å²) in [6.45, 7) is 6.68. The van der Waals surface area contributed by atoms with E-state index in [1.807, 2.05) is 0 Å². The van der Waals surface area contributed by atoms with Crippen LogP contribution in [-0.2, 0) is 0 Å². The van der Waals surface area contributed by atoms with E-state index in [1.54, 1.807) is 0 Å². The fraction of sp³-hybridized carbons (Fsp3) is 1.00. The van der Waals surface area contributed by atoms with Crippen molar-refractivity contribution in [2.24, 2.45) is 0 Å². The summed E-state index contributed by atoms with van der Waals surface area (Å²) in [7, 11) is 0. The highest BCUT2D eigenvalue weighted by Gasteiger charge is 2.18. The van der Waals surface area contributed by atoms with Gasteiger partial charge in [-0.25, -0.2) is 5.01 Å². The van der Waals surface area contributed by atoms with Crippen LogP contribution in [0.5, 0.6) is 0 Å². The molecule has 0 atom stereocenters. The van der Waals surface area contributed by atoms with E-state index in [1.165, 1.54) is 25.7 Å². The van der Waals surface area contributed by atoms with E-state index in [-0.39, 0.29) is 0 Å². The number of hydrazine groups is 1. The largest absolute Gasteiger partial charge is 0.315 e. The van der Waals surface area contributed by atoms with Crippen LogP contribution in [0.4, 0.5) is 0 Å². The normalized spacial score (nSPS) is 28.3. The van der Waals surface area contributed by atoms with Crippen LogP contribution in [0, 0.1) is 0 Å². The first-order valence-corrected chi connectivity index (χ1v) is 5.87. The average Bonchev–Trinajstić information content (AvgIpc) is 2.62. The molecule has 0 aromatic carbocycles. The van der Waals surface area contributed by atoms with Gasteiger partial charge in [0.1, 0.15) is 0 Å². The molecule has 0 aromatic heterocycles. The lowest BCUT2D eigenvalue weighted by Crippen LogP contribution is -2.48. The van der Waals surface area contributed by atoms with E-state index >= 15 is 0 Å². The van der Waals surface area contributed by atoms with Gasteiger partial charge in [-0.3, -0.25) is 0 Å². The highest BCUT2D eigenvalue weighted by molar-refractivity contribution is 4.65. The summed E-state index contributed by atoms with van der Waals surface area (Å²) in [4.78, 5) is 0. The Morgan fingerprint density at radius 1 is 0.857 bits per heavy atom. The molecule has 2 aliphatic rings. The second kappa shape index (κ2) is 5.66. The maximum atomic E-state index is 4.62. The zero-order chi connectivity index (χ0) is 9.64. The van der Waals surface area contributed by atoms with Crippen LogP contribution in [0.15, 0.2) is 0 Å². The third kappa shape index (κ3) is 2.92. The third-order valence-corrected chi connectivity index (χ3v) is 2.92. The van der Waals surface area contributed by atoms with Gasteiger partial charge in [0.2, 0.25) is 0 Å². The van der Waals surface area contributed by atoms with Crippen molar-refractivity contribution in [1.82, 2.24) is 20.9 Å². The van der Waals surface area contributed by atoms with Crippen molar-refractivity contribution in [1.29, 1.82) is 0 Å². The van der Waals surface area contributed by atoms with Crippen LogP contribution >= 0.6 is 0 Å². The first-order chi connectivity index (χ1) is 6.97. The molecule has 4 nitrogen and oxygen atoms in total. The Labute approximate surface area is 86.6 Å². The lowest BCUT2D eigenvalue weighted by atomic mass is 10.2. The summed E-state index contributed by atoms with van der Waals surface area (Å²) in [5.41, 5.74) is 4.62. The molecular formula is C10H21N4. The van der Waals surface area contributed by atoms with Crippen molar-refractivity contribution in [3.8, 4) is 0 Å². The molecule has 0 spiro atoms. The molecular weight excluding hydrogens is 176 g/mol. The van der Waals surface area contributed by atoms with E-state index in [0.29, 0.717) is 0 Å². The summed E-state index contributed by atoms with van der Waals surface area (Å²) < 4.78 is 0. The Morgan fingerprint density at radius 2 is 1.86 bits per heavy atom. The van der Waals surface area contributed by atoms with Gasteiger partial charge in [0.05, 0.1) is 0 Å². The maximum Gasteiger partial charge on any atom is 0.0321 e. The van der Waals surface area contributed by atoms with Crippen LogP contribution in [0.3, 0.4) is 0 Å². The fourth-order valence-electron chi connectivity index (χ4n) is 2.09. The predicted octanol–water partition coefficient (Wildman–Crippen LogP) is 0.202. The van der Waals surface area contributed by atoms with Gasteiger partial charge >= 0.3 is 0 Å². The minimum Gasteiger partial charge on any atom is -0.315 e. The summed E-state index contributed by atoms with van der Waals surface area (Å²) in [6, 6.07) is 0. The minimum absolute atomic E-state index is 1.02. The van der Waals surface area contributed by atoms with E-state index in [4.69, 9.17) is 0 Å². The average molecular weight is 197 g/mol. The number of nitrogens with one attached hydrogen (secondary N) is 1. The van der Waals surface area contributed by atoms with E-state index < -0.39 is 0 Å². The van der Waals surface area contributed by atoms with E-state index in [2.05, 4.69) is 20.9 Å². The Hall–Kier alpha value is -0.160. The molecule has 0 aromatic rings. The van der Waals surface area contributed by atoms with Gasteiger partial charge in [0.15, 0.2) is 0 Å². The van der Waals surface area contributed by atoms with Gasteiger partial charge < -0.3 is 5.32 Å². The molecule has 1 N–H and O–H groups in total. The number of hydrogen-bond donors (Lipinski definition) is 1. The van der Waals surface area contributed by atoms with Crippen LogP contribution in [0.1, 0.15) is 25.7 Å². The van der Waals surface area contributed by atoms with Gasteiger partial charge in [-0.15, -0.1) is 5.43 Å². The molecule has 2 fully saturated rings. The molecule has 0 bridgehead atoms. The van der Waals surface area contributed by atoms with Gasteiger partial charge in [-0.1, -0.05) is 6.42 Å². The summed E-state index contributed by atoms with van der Waals surface area (Å²) >= 11 is 0. The molecule has 2 aliphatic heterocycles. The molecule has 2 rings (SSSR count). The zero-order valence-corrected chi connectivity index (χ0v) is 8.91. The summed E-state index contributed by atoms with van der Waals surface area (Å²) in [5.74, 6) is 0. The van der Waals surface area contributed by atoms with Crippen molar-refractivity contribution in [3.63, 3.8) is 0 Å². The molecule has 1 radical (unpaired) electrons. The third-order valence-electron chi connectivity index (χ3n) is 2.92. The molecule has 0 unspecified atom stereocenters. The zero-order valence-electron chi connectivity index (χ0n) is 8.91. The smallest absolute Gasteiger partial charge is 0.0321 e. The van der Waals surface area contributed by atoms with Gasteiger partial charge in [-0.2, -0.15) is 5.12 Å². The van der Waals surface area contributed by atoms with Crippen molar-refractivity contribution in [2.45, 2.75) is 25.7 Å². The number of rotatable bonds is 1. The Bertz CT molecular complexity index is 128. The molecule has 0 amide bonds. The lowest BCUT2D eigenvalue weighted by molar-refractivity contribution is -0.0652. The number of nitrogens with zero attached hydrogens (tertiary/aromatic N) is 3. The second-order valence-electron chi connectivity index (χ2n) is 4.08. The molecule has 0 aliphatic carbocycles. The van der Waals surface area contributed by atoms with E-state index in [9.17, 15) is 0 Å². The van der Waals surface area contributed by atoms with Crippen LogP contribution in [0.25, 0.3) is 0 Å². The first kappa shape index (κ1) is 10.4. The predicted molar refractivity (Wildman–Crippen MR) is 56.6 cm³/mol. The van der Waals surface area contributed by atoms with Crippen molar-refractivity contribution >= 4 is 0 Å². The van der Waals surface area contributed by atoms with Crippen LogP contribution < -0.4 is 10.7 Å². The highest BCUT2D eigenvalue weighted by Crippen LogP contribution is 2.07. The molecule has 14 heavy (non-hydrogen) atoms. The van der Waals surface area contributed by atoms with Gasteiger partial charge in [0.25, 0.3) is 0 Å². The topological polar surface area (TPSA) is 32.6 Å². The van der Waals surface area contributed by atoms with Gasteiger partial charge in [0, 0.05) is 32.7 Å². The minimum atomic E-state index is 1.02. The van der Waals surface area contributed by atoms with Crippen molar-refractivity contribution in [3.05, 3.63) is 0 Å². The summed E-state index contributed by atoms with van der Waals surface area (Å²) in [5, 5.41) is 8.05. The fourth-order valence-corrected chi connectivity index (χ4v) is 2.09. The van der Waals surface area contributed by atoms with Crippen molar-refractivity contribution in [2.75, 3.05) is 39.3 Å². The molecule has 81 valence electrons. The van der Waals surface area contributed by atoms with Crippen LogP contribution in [-0.4, -0.2) is 49.4 Å². The first-order valence-electron chi connectivity index (χ1n) is 5.87. The standard InChI is InChI=1S/C10H21N4/c1-2-6-12-14(9-3-1)13-8-4-5-11-7-10-13/h11H,1-10H2. The highest BCUT2D eigenvalue weighted by atomic mass is 15.8. The lowest BCUT2D eigenvalue weighted by Gasteiger charge is -2.31. The Kier molecular flexibility index (Phi) is 4.19. The second-order valence-corrected chi connectivity index (χ2v) is 4.08. The Morgan fingerprint density at radius 3 is 2.86 bits per heavy atom. The Balaban J connectivity index is 1.83. The SMILES string of the molecule is C1CC[N]N(N2CCCNCC2)CC1. The maximum absolute atomic E-state index is 4.62. The van der Waals surface area contributed by atoms with Crippen molar-refractivity contribution < 1.29 is 0 Å². The molecule has 2 saturated heterocycles. The summed E-state index contributed by atoms with van der Waals surface area (Å²) in [6.07, 6.45) is 5.15. The van der Waals surface area contributed by atoms with Gasteiger partial charge in [-0.05, 0) is 25.8 Å². The molecule has 0 saturated carbocycles.